The van der Waals surface area contributed by atoms with Gasteiger partial charge in [-0.3, -0.25) is 14.2 Å². The molecular formula is C20H25N5O2S2. The quantitative estimate of drug-likeness (QED) is 0.579. The Morgan fingerprint density at radius 3 is 2.83 bits per heavy atom. The predicted molar refractivity (Wildman–Crippen MR) is 119 cm³/mol. The zero-order valence-corrected chi connectivity index (χ0v) is 18.1. The van der Waals surface area contributed by atoms with Gasteiger partial charge in [0.1, 0.15) is 11.4 Å². The van der Waals surface area contributed by atoms with Crippen LogP contribution < -0.4 is 10.9 Å². The second kappa shape index (κ2) is 9.17. The van der Waals surface area contributed by atoms with Gasteiger partial charge in [-0.05, 0) is 31.5 Å². The zero-order valence-electron chi connectivity index (χ0n) is 16.5. The number of fused-ring (bicyclic) bond motifs is 1. The molecule has 0 aliphatic carbocycles. The van der Waals surface area contributed by atoms with Crippen molar-refractivity contribution in [3.63, 3.8) is 0 Å². The van der Waals surface area contributed by atoms with Gasteiger partial charge in [0.25, 0.3) is 5.56 Å². The van der Waals surface area contributed by atoms with Gasteiger partial charge in [-0.15, -0.1) is 22.7 Å². The lowest BCUT2D eigenvalue weighted by atomic mass is 10.2. The fraction of sp³-hybridized carbons (Fsp3) is 0.450. The first-order valence-corrected chi connectivity index (χ1v) is 11.6. The maximum Gasteiger partial charge on any atom is 0.263 e. The van der Waals surface area contributed by atoms with Gasteiger partial charge in [0, 0.05) is 48.5 Å². The molecule has 0 saturated carbocycles. The number of likely N-dealkylation sites (N-methyl/N-ethyl adjacent to an activating group) is 1. The predicted octanol–water partition coefficient (Wildman–Crippen LogP) is 1.94. The van der Waals surface area contributed by atoms with E-state index in [1.165, 1.54) is 22.2 Å². The van der Waals surface area contributed by atoms with E-state index in [0.29, 0.717) is 16.8 Å². The molecule has 1 N–H and O–H groups in total. The van der Waals surface area contributed by atoms with Gasteiger partial charge in [-0.2, -0.15) is 0 Å². The molecule has 9 heteroatoms. The van der Waals surface area contributed by atoms with Crippen LogP contribution in [-0.2, 0) is 11.3 Å². The number of hydrogen-bond acceptors (Lipinski definition) is 7. The maximum absolute atomic E-state index is 12.9. The molecule has 0 atom stereocenters. The Labute approximate surface area is 177 Å². The Bertz CT molecular complexity index is 1020. The third-order valence-corrected chi connectivity index (χ3v) is 7.02. The summed E-state index contributed by atoms with van der Waals surface area (Å²) in [5.41, 5.74) is 0.742. The molecule has 3 aromatic rings. The summed E-state index contributed by atoms with van der Waals surface area (Å²) >= 11 is 3.05. The molecule has 0 spiro atoms. The first-order valence-electron chi connectivity index (χ1n) is 9.80. The second-order valence-corrected chi connectivity index (χ2v) is 9.14. The van der Waals surface area contributed by atoms with Crippen molar-refractivity contribution in [3.8, 4) is 10.4 Å². The number of aromatic nitrogens is 2. The average Bonchev–Trinajstić information content (AvgIpc) is 3.38. The van der Waals surface area contributed by atoms with Crippen molar-refractivity contribution in [2.75, 3.05) is 46.3 Å². The molecule has 1 amide bonds. The van der Waals surface area contributed by atoms with Crippen LogP contribution in [0.3, 0.4) is 0 Å². The van der Waals surface area contributed by atoms with Crippen molar-refractivity contribution < 1.29 is 4.79 Å². The van der Waals surface area contributed by atoms with Crippen LogP contribution in [0.1, 0.15) is 6.42 Å². The van der Waals surface area contributed by atoms with Crippen LogP contribution >= 0.6 is 22.7 Å². The molecular weight excluding hydrogens is 406 g/mol. The Hall–Kier alpha value is -2.07. The summed E-state index contributed by atoms with van der Waals surface area (Å²) in [5.74, 6) is -0.153. The van der Waals surface area contributed by atoms with Crippen molar-refractivity contribution in [2.24, 2.45) is 0 Å². The van der Waals surface area contributed by atoms with Crippen LogP contribution in [0.25, 0.3) is 20.7 Å². The first-order chi connectivity index (χ1) is 14.1. The summed E-state index contributed by atoms with van der Waals surface area (Å²) in [6.45, 7) is 5.96. The monoisotopic (exact) mass is 431 g/mol. The third kappa shape index (κ3) is 4.75. The Kier molecular flexibility index (Phi) is 6.39. The highest BCUT2D eigenvalue weighted by Gasteiger charge is 2.16. The lowest BCUT2D eigenvalue weighted by Gasteiger charge is -2.32. The smallest absolute Gasteiger partial charge is 0.263 e. The van der Waals surface area contributed by atoms with Gasteiger partial charge in [0.2, 0.25) is 5.91 Å². The van der Waals surface area contributed by atoms with Crippen LogP contribution in [0.15, 0.2) is 34.0 Å². The zero-order chi connectivity index (χ0) is 20.2. The van der Waals surface area contributed by atoms with Crippen LogP contribution in [-0.4, -0.2) is 71.6 Å². The Morgan fingerprint density at radius 1 is 1.24 bits per heavy atom. The number of carbonyl (C=O) groups excluding carboxylic acids is 1. The first kappa shape index (κ1) is 20.2. The molecule has 1 aliphatic heterocycles. The molecule has 3 aromatic heterocycles. The van der Waals surface area contributed by atoms with Gasteiger partial charge in [-0.1, -0.05) is 6.07 Å². The van der Waals surface area contributed by atoms with Crippen molar-refractivity contribution in [3.05, 3.63) is 39.6 Å². The highest BCUT2D eigenvalue weighted by Crippen LogP contribution is 2.33. The number of nitrogens with one attached hydrogen (secondary N) is 1. The molecule has 7 nitrogen and oxygen atoms in total. The van der Waals surface area contributed by atoms with E-state index in [1.807, 2.05) is 22.9 Å². The standard InChI is InChI=1S/C20H25N5O2S2/c1-23-7-9-24(10-8-23)6-3-5-21-17(26)12-25-14-22-19-18(20(25)27)15(13-29-19)16-4-2-11-28-16/h2,4,11,13-14H,3,5-10,12H2,1H3,(H,21,26). The van der Waals surface area contributed by atoms with Crippen molar-refractivity contribution in [1.29, 1.82) is 0 Å². The van der Waals surface area contributed by atoms with Crippen LogP contribution in [0.2, 0.25) is 0 Å². The average molecular weight is 432 g/mol. The van der Waals surface area contributed by atoms with Crippen molar-refractivity contribution in [2.45, 2.75) is 13.0 Å². The van der Waals surface area contributed by atoms with Gasteiger partial charge in [0.15, 0.2) is 0 Å². The summed E-state index contributed by atoms with van der Waals surface area (Å²) < 4.78 is 1.40. The minimum Gasteiger partial charge on any atom is -0.354 e. The summed E-state index contributed by atoms with van der Waals surface area (Å²) in [6, 6.07) is 3.96. The highest BCUT2D eigenvalue weighted by atomic mass is 32.1. The molecule has 1 aliphatic rings. The maximum atomic E-state index is 12.9. The Morgan fingerprint density at radius 2 is 2.07 bits per heavy atom. The van der Waals surface area contributed by atoms with Gasteiger partial charge >= 0.3 is 0 Å². The molecule has 4 heterocycles. The largest absolute Gasteiger partial charge is 0.354 e. The van der Waals surface area contributed by atoms with E-state index in [0.717, 1.165) is 49.6 Å². The molecule has 154 valence electrons. The number of thiophene rings is 2. The summed E-state index contributed by atoms with van der Waals surface area (Å²) in [6.07, 6.45) is 2.39. The molecule has 29 heavy (non-hydrogen) atoms. The van der Waals surface area contributed by atoms with E-state index in [2.05, 4.69) is 27.1 Å². The minimum absolute atomic E-state index is 0.00396. The van der Waals surface area contributed by atoms with E-state index in [4.69, 9.17) is 0 Å². The number of piperazine rings is 1. The molecule has 1 fully saturated rings. The van der Waals surface area contributed by atoms with E-state index in [1.54, 1.807) is 11.3 Å². The minimum atomic E-state index is -0.160. The molecule has 0 radical (unpaired) electrons. The normalized spacial score (nSPS) is 15.8. The number of rotatable bonds is 7. The topological polar surface area (TPSA) is 70.5 Å². The van der Waals surface area contributed by atoms with E-state index in [9.17, 15) is 9.59 Å². The summed E-state index contributed by atoms with van der Waals surface area (Å²) in [4.78, 5) is 36.2. The SMILES string of the molecule is CN1CCN(CCCNC(=O)Cn2cnc3scc(-c4cccs4)c3c2=O)CC1. The van der Waals surface area contributed by atoms with Gasteiger partial charge in [-0.25, -0.2) is 4.98 Å². The van der Waals surface area contributed by atoms with Crippen LogP contribution in [0.4, 0.5) is 0 Å². The third-order valence-electron chi connectivity index (χ3n) is 5.23. The lowest BCUT2D eigenvalue weighted by molar-refractivity contribution is -0.121. The number of amides is 1. The Balaban J connectivity index is 1.34. The van der Waals surface area contributed by atoms with Crippen LogP contribution in [0, 0.1) is 0 Å². The molecule has 4 rings (SSSR count). The highest BCUT2D eigenvalue weighted by molar-refractivity contribution is 7.18. The summed E-state index contributed by atoms with van der Waals surface area (Å²) in [7, 11) is 2.14. The van der Waals surface area contributed by atoms with Crippen molar-refractivity contribution in [1.82, 2.24) is 24.7 Å². The lowest BCUT2D eigenvalue weighted by Crippen LogP contribution is -2.45. The van der Waals surface area contributed by atoms with Crippen molar-refractivity contribution >= 4 is 38.8 Å². The molecule has 0 aromatic carbocycles. The van der Waals surface area contributed by atoms with E-state index in [-0.39, 0.29) is 18.0 Å². The molecule has 1 saturated heterocycles. The molecule has 0 bridgehead atoms. The van der Waals surface area contributed by atoms with Crippen LogP contribution in [0.5, 0.6) is 0 Å². The van der Waals surface area contributed by atoms with Gasteiger partial charge in [0.05, 0.1) is 11.7 Å². The molecule has 0 unspecified atom stereocenters. The fourth-order valence-corrected chi connectivity index (χ4v) is 5.23. The van der Waals surface area contributed by atoms with E-state index < -0.39 is 0 Å². The second-order valence-electron chi connectivity index (χ2n) is 7.33. The summed E-state index contributed by atoms with van der Waals surface area (Å²) in [5, 5.41) is 7.49. The number of nitrogens with zero attached hydrogens (tertiary/aromatic N) is 4. The fourth-order valence-electron chi connectivity index (χ4n) is 3.51. The number of carbonyl (C=O) groups is 1. The van der Waals surface area contributed by atoms with E-state index >= 15 is 0 Å². The van der Waals surface area contributed by atoms with Gasteiger partial charge < -0.3 is 15.1 Å². The number of hydrogen-bond donors (Lipinski definition) is 1.